The molecule has 72 valence electrons. The molecule has 0 aliphatic carbocycles. The number of carbonyl (C=O) groups excluding carboxylic acids is 1. The zero-order valence-corrected chi connectivity index (χ0v) is 7.76. The van der Waals surface area contributed by atoms with E-state index in [0.29, 0.717) is 5.88 Å². The molecular weight excluding hydrogens is 170 g/mol. The molecule has 0 fully saturated rings. The zero-order chi connectivity index (χ0) is 9.68. The standard InChI is InChI=1S/C8H13N3O2/c1-3-4-6-5-7(13-11-6)10-8(12)9-2/h5H,3-4H2,1-2H3,(H2,9,10,12). The maximum Gasteiger partial charge on any atom is 0.321 e. The number of aryl methyl sites for hydroxylation is 1. The van der Waals surface area contributed by atoms with Crippen molar-refractivity contribution in [2.75, 3.05) is 12.4 Å². The van der Waals surface area contributed by atoms with Gasteiger partial charge < -0.3 is 9.84 Å². The molecule has 1 aromatic rings. The first kappa shape index (κ1) is 9.57. The molecule has 1 heterocycles. The Morgan fingerprint density at radius 2 is 2.46 bits per heavy atom. The largest absolute Gasteiger partial charge is 0.341 e. The van der Waals surface area contributed by atoms with Crippen molar-refractivity contribution in [1.82, 2.24) is 10.5 Å². The molecule has 1 rings (SSSR count). The van der Waals surface area contributed by atoms with Crippen molar-refractivity contribution in [2.45, 2.75) is 19.8 Å². The summed E-state index contributed by atoms with van der Waals surface area (Å²) in [4.78, 5) is 10.8. The molecule has 13 heavy (non-hydrogen) atoms. The fraction of sp³-hybridized carbons (Fsp3) is 0.500. The Bertz CT molecular complexity index is 283. The van der Waals surface area contributed by atoms with E-state index < -0.39 is 0 Å². The third-order valence-corrected chi connectivity index (χ3v) is 1.53. The molecule has 0 aliphatic rings. The van der Waals surface area contributed by atoms with Crippen molar-refractivity contribution < 1.29 is 9.32 Å². The van der Waals surface area contributed by atoms with Crippen molar-refractivity contribution in [3.05, 3.63) is 11.8 Å². The number of nitrogens with zero attached hydrogens (tertiary/aromatic N) is 1. The number of aromatic nitrogens is 1. The minimum absolute atomic E-state index is 0.306. The van der Waals surface area contributed by atoms with Crippen LogP contribution >= 0.6 is 0 Å². The van der Waals surface area contributed by atoms with Crippen LogP contribution in [0.2, 0.25) is 0 Å². The second kappa shape index (κ2) is 4.49. The lowest BCUT2D eigenvalue weighted by Crippen LogP contribution is -2.24. The van der Waals surface area contributed by atoms with Crippen LogP contribution in [0.15, 0.2) is 10.6 Å². The Labute approximate surface area is 76.5 Å². The molecule has 0 saturated heterocycles. The van der Waals surface area contributed by atoms with Gasteiger partial charge in [0, 0.05) is 13.1 Å². The number of hydrogen-bond acceptors (Lipinski definition) is 3. The molecule has 0 aliphatic heterocycles. The number of nitrogens with one attached hydrogen (secondary N) is 2. The summed E-state index contributed by atoms with van der Waals surface area (Å²) in [5.41, 5.74) is 0.855. The predicted octanol–water partition coefficient (Wildman–Crippen LogP) is 1.38. The number of carbonyl (C=O) groups is 1. The van der Waals surface area contributed by atoms with Crippen molar-refractivity contribution in [1.29, 1.82) is 0 Å². The normalized spacial score (nSPS) is 9.69. The zero-order valence-electron chi connectivity index (χ0n) is 7.76. The summed E-state index contributed by atoms with van der Waals surface area (Å²) in [5, 5.41) is 8.68. The Hall–Kier alpha value is -1.52. The van der Waals surface area contributed by atoms with Gasteiger partial charge in [0.25, 0.3) is 0 Å². The van der Waals surface area contributed by atoms with Crippen LogP contribution in [-0.2, 0) is 6.42 Å². The van der Waals surface area contributed by atoms with Crippen LogP contribution in [0.25, 0.3) is 0 Å². The first-order chi connectivity index (χ1) is 6.26. The molecule has 0 atom stereocenters. The van der Waals surface area contributed by atoms with Crippen LogP contribution < -0.4 is 10.6 Å². The lowest BCUT2D eigenvalue weighted by Gasteiger charge is -1.96. The molecular formula is C8H13N3O2. The maximum absolute atomic E-state index is 10.8. The van der Waals surface area contributed by atoms with Crippen LogP contribution in [0.3, 0.4) is 0 Å². The number of hydrogen-bond donors (Lipinski definition) is 2. The minimum Gasteiger partial charge on any atom is -0.341 e. The van der Waals surface area contributed by atoms with Gasteiger partial charge in [-0.25, -0.2) is 4.79 Å². The highest BCUT2D eigenvalue weighted by Gasteiger charge is 2.05. The average molecular weight is 183 g/mol. The van der Waals surface area contributed by atoms with Gasteiger partial charge in [-0.2, -0.15) is 0 Å². The Morgan fingerprint density at radius 1 is 1.69 bits per heavy atom. The summed E-state index contributed by atoms with van der Waals surface area (Å²) in [6.45, 7) is 2.06. The molecule has 2 N–H and O–H groups in total. The van der Waals surface area contributed by atoms with Gasteiger partial charge >= 0.3 is 6.03 Å². The van der Waals surface area contributed by atoms with E-state index in [1.54, 1.807) is 13.1 Å². The fourth-order valence-electron chi connectivity index (χ4n) is 0.919. The highest BCUT2D eigenvalue weighted by Crippen LogP contribution is 2.10. The molecule has 2 amide bonds. The minimum atomic E-state index is -0.306. The fourth-order valence-corrected chi connectivity index (χ4v) is 0.919. The second-order valence-corrected chi connectivity index (χ2v) is 2.64. The third-order valence-electron chi connectivity index (χ3n) is 1.53. The first-order valence-electron chi connectivity index (χ1n) is 4.20. The van der Waals surface area contributed by atoms with Gasteiger partial charge in [-0.05, 0) is 6.42 Å². The van der Waals surface area contributed by atoms with Crippen molar-refractivity contribution in [2.24, 2.45) is 0 Å². The summed E-state index contributed by atoms with van der Waals surface area (Å²) < 4.78 is 4.87. The van der Waals surface area contributed by atoms with Crippen LogP contribution in [0.5, 0.6) is 0 Å². The summed E-state index contributed by atoms with van der Waals surface area (Å²) in [7, 11) is 1.54. The van der Waals surface area contributed by atoms with Gasteiger partial charge in [0.05, 0.1) is 5.69 Å². The highest BCUT2D eigenvalue weighted by atomic mass is 16.5. The van der Waals surface area contributed by atoms with E-state index in [1.807, 2.05) is 0 Å². The molecule has 5 nitrogen and oxygen atoms in total. The summed E-state index contributed by atoms with van der Waals surface area (Å²) >= 11 is 0. The Balaban J connectivity index is 2.53. The molecule has 0 bridgehead atoms. The molecule has 1 aromatic heterocycles. The van der Waals surface area contributed by atoms with E-state index in [-0.39, 0.29) is 6.03 Å². The summed E-state index contributed by atoms with van der Waals surface area (Å²) in [5.74, 6) is 0.378. The molecule has 0 saturated carbocycles. The maximum atomic E-state index is 10.8. The van der Waals surface area contributed by atoms with Crippen LogP contribution in [0, 0.1) is 0 Å². The average Bonchev–Trinajstić information content (AvgIpc) is 2.53. The van der Waals surface area contributed by atoms with Gasteiger partial charge in [0.15, 0.2) is 0 Å². The second-order valence-electron chi connectivity index (χ2n) is 2.64. The van der Waals surface area contributed by atoms with E-state index in [9.17, 15) is 4.79 Å². The van der Waals surface area contributed by atoms with Crippen LogP contribution in [0.4, 0.5) is 10.7 Å². The molecule has 0 spiro atoms. The highest BCUT2D eigenvalue weighted by molar-refractivity contribution is 5.87. The van der Waals surface area contributed by atoms with Crippen LogP contribution in [0.1, 0.15) is 19.0 Å². The number of rotatable bonds is 3. The quantitative estimate of drug-likeness (QED) is 0.743. The lowest BCUT2D eigenvalue weighted by atomic mass is 10.2. The smallest absolute Gasteiger partial charge is 0.321 e. The number of anilines is 1. The van der Waals surface area contributed by atoms with E-state index >= 15 is 0 Å². The van der Waals surface area contributed by atoms with Gasteiger partial charge in [0.1, 0.15) is 0 Å². The predicted molar refractivity (Wildman–Crippen MR) is 48.6 cm³/mol. The van der Waals surface area contributed by atoms with Crippen molar-refractivity contribution in [3.63, 3.8) is 0 Å². The van der Waals surface area contributed by atoms with Crippen molar-refractivity contribution >= 4 is 11.9 Å². The van der Waals surface area contributed by atoms with E-state index in [1.165, 1.54) is 0 Å². The molecule has 0 aromatic carbocycles. The topological polar surface area (TPSA) is 67.2 Å². The molecule has 0 unspecified atom stereocenters. The number of urea groups is 1. The molecule has 0 radical (unpaired) electrons. The molecule has 5 heteroatoms. The summed E-state index contributed by atoms with van der Waals surface area (Å²) in [6, 6.07) is 1.41. The van der Waals surface area contributed by atoms with E-state index in [0.717, 1.165) is 18.5 Å². The Kier molecular flexibility index (Phi) is 3.31. The first-order valence-corrected chi connectivity index (χ1v) is 4.20. The monoisotopic (exact) mass is 183 g/mol. The third kappa shape index (κ3) is 2.77. The van der Waals surface area contributed by atoms with Gasteiger partial charge in [-0.3, -0.25) is 5.32 Å². The summed E-state index contributed by atoms with van der Waals surface area (Å²) in [6.07, 6.45) is 1.87. The number of amides is 2. The van der Waals surface area contributed by atoms with E-state index in [4.69, 9.17) is 4.52 Å². The van der Waals surface area contributed by atoms with E-state index in [2.05, 4.69) is 22.7 Å². The van der Waals surface area contributed by atoms with Crippen LogP contribution in [-0.4, -0.2) is 18.2 Å². The van der Waals surface area contributed by atoms with Gasteiger partial charge in [0.2, 0.25) is 5.88 Å². The van der Waals surface area contributed by atoms with Gasteiger partial charge in [-0.15, -0.1) is 0 Å². The van der Waals surface area contributed by atoms with Crippen molar-refractivity contribution in [3.8, 4) is 0 Å². The lowest BCUT2D eigenvalue weighted by molar-refractivity contribution is 0.253. The van der Waals surface area contributed by atoms with Gasteiger partial charge in [-0.1, -0.05) is 18.5 Å². The SMILES string of the molecule is CCCc1cc(NC(=O)NC)on1. The Morgan fingerprint density at radius 3 is 3.08 bits per heavy atom.